The molecular formula is C22H23FN4O7S. The molecule has 1 atom stereocenters. The van der Waals surface area contributed by atoms with Crippen LogP contribution in [0.2, 0.25) is 0 Å². The number of nitro groups is 1. The van der Waals surface area contributed by atoms with Gasteiger partial charge >= 0.3 is 6.09 Å². The third-order valence-electron chi connectivity index (χ3n) is 6.05. The van der Waals surface area contributed by atoms with Gasteiger partial charge in [-0.1, -0.05) is 17.3 Å². The van der Waals surface area contributed by atoms with Crippen molar-refractivity contribution in [1.29, 1.82) is 0 Å². The minimum Gasteiger partial charge on any atom is -0.392 e. The fourth-order valence-corrected chi connectivity index (χ4v) is 5.42. The second-order valence-electron chi connectivity index (χ2n) is 8.40. The number of ether oxygens (including phenoxy) is 1. The summed E-state index contributed by atoms with van der Waals surface area (Å²) < 4.78 is 45.3. The molecule has 35 heavy (non-hydrogen) atoms. The van der Waals surface area contributed by atoms with E-state index >= 15 is 0 Å². The van der Waals surface area contributed by atoms with Gasteiger partial charge in [0, 0.05) is 38.1 Å². The van der Waals surface area contributed by atoms with Crippen LogP contribution in [0.1, 0.15) is 37.8 Å². The molecule has 11 nitrogen and oxygen atoms in total. The first-order valence-electron chi connectivity index (χ1n) is 10.8. The molecule has 4 rings (SSSR count). The zero-order valence-corrected chi connectivity index (χ0v) is 19.5. The van der Waals surface area contributed by atoms with E-state index in [1.807, 2.05) is 0 Å². The van der Waals surface area contributed by atoms with Gasteiger partial charge in [0.15, 0.2) is 0 Å². The predicted molar refractivity (Wildman–Crippen MR) is 121 cm³/mol. The van der Waals surface area contributed by atoms with E-state index in [2.05, 4.69) is 10.5 Å². The summed E-state index contributed by atoms with van der Waals surface area (Å²) in [6, 6.07) is 9.97. The van der Waals surface area contributed by atoms with Gasteiger partial charge in [-0.2, -0.15) is 4.31 Å². The number of non-ortho nitro benzene ring substituents is 1. The number of piperidine rings is 1. The Morgan fingerprint density at radius 1 is 1.20 bits per heavy atom. The fraction of sp³-hybridized carbons (Fsp3) is 0.364. The molecule has 2 aliphatic rings. The second kappa shape index (κ2) is 9.58. The van der Waals surface area contributed by atoms with Crippen LogP contribution in [0.4, 0.5) is 14.9 Å². The predicted octanol–water partition coefficient (Wildman–Crippen LogP) is 3.48. The maximum absolute atomic E-state index is 13.1. The SMILES string of the molecule is CC(NC(=O)OC1=NOC2(CCN(S(=O)(=O)c3ccc(F)cc3)CC2)C1)c1ccc([N+](=O)[O-])cc1. The Bertz CT molecular complexity index is 1240. The highest BCUT2D eigenvalue weighted by atomic mass is 32.2. The molecule has 2 aliphatic heterocycles. The molecule has 2 aromatic carbocycles. The fourth-order valence-electron chi connectivity index (χ4n) is 3.98. The third kappa shape index (κ3) is 5.41. The summed E-state index contributed by atoms with van der Waals surface area (Å²) in [5, 5.41) is 17.3. The number of halogens is 1. The lowest BCUT2D eigenvalue weighted by Gasteiger charge is -2.36. The van der Waals surface area contributed by atoms with Gasteiger partial charge in [0.05, 0.1) is 22.3 Å². The van der Waals surface area contributed by atoms with E-state index in [9.17, 15) is 27.7 Å². The van der Waals surface area contributed by atoms with Crippen molar-refractivity contribution in [2.75, 3.05) is 13.1 Å². The minimum atomic E-state index is -3.76. The molecule has 0 aliphatic carbocycles. The Labute approximate surface area is 200 Å². The monoisotopic (exact) mass is 506 g/mol. The summed E-state index contributed by atoms with van der Waals surface area (Å²) in [6.45, 7) is 2.05. The number of carbonyl (C=O) groups excluding carboxylic acids is 1. The van der Waals surface area contributed by atoms with E-state index in [0.29, 0.717) is 18.4 Å². The molecule has 0 aromatic heterocycles. The minimum absolute atomic E-state index is 0.0151. The number of alkyl carbamates (subject to hydrolysis) is 1. The number of sulfonamides is 1. The van der Waals surface area contributed by atoms with E-state index in [0.717, 1.165) is 12.1 Å². The van der Waals surface area contributed by atoms with Crippen LogP contribution in [-0.2, 0) is 19.6 Å². The summed E-state index contributed by atoms with van der Waals surface area (Å²) in [6.07, 6.45) is 0.123. The van der Waals surface area contributed by atoms with Crippen LogP contribution in [0.25, 0.3) is 0 Å². The number of benzene rings is 2. The van der Waals surface area contributed by atoms with E-state index in [4.69, 9.17) is 9.57 Å². The highest BCUT2D eigenvalue weighted by molar-refractivity contribution is 7.89. The number of nitrogens with one attached hydrogen (secondary N) is 1. The van der Waals surface area contributed by atoms with Crippen LogP contribution in [0.15, 0.2) is 58.6 Å². The summed E-state index contributed by atoms with van der Waals surface area (Å²) in [4.78, 5) is 28.1. The van der Waals surface area contributed by atoms with Gasteiger partial charge < -0.3 is 14.9 Å². The Kier molecular flexibility index (Phi) is 6.72. The Hall–Kier alpha value is -3.58. The average molecular weight is 507 g/mol. The summed E-state index contributed by atoms with van der Waals surface area (Å²) in [7, 11) is -3.76. The molecule has 186 valence electrons. The van der Waals surface area contributed by atoms with Crippen LogP contribution in [0.5, 0.6) is 0 Å². The van der Waals surface area contributed by atoms with Crippen molar-refractivity contribution >= 4 is 27.7 Å². The molecule has 1 saturated heterocycles. The number of hydrogen-bond acceptors (Lipinski definition) is 8. The molecule has 13 heteroatoms. The zero-order valence-electron chi connectivity index (χ0n) is 18.7. The van der Waals surface area contributed by atoms with E-state index < -0.39 is 38.5 Å². The molecule has 2 heterocycles. The van der Waals surface area contributed by atoms with Crippen molar-refractivity contribution in [3.8, 4) is 0 Å². The Balaban J connectivity index is 1.28. The molecule has 0 bridgehead atoms. The van der Waals surface area contributed by atoms with Gasteiger partial charge in [-0.3, -0.25) is 10.1 Å². The number of rotatable bonds is 5. The molecular weight excluding hydrogens is 483 g/mol. The van der Waals surface area contributed by atoms with Crippen LogP contribution >= 0.6 is 0 Å². The number of amides is 1. The molecule has 1 N–H and O–H groups in total. The summed E-state index contributed by atoms with van der Waals surface area (Å²) in [5.74, 6) is -0.440. The molecule has 1 amide bonds. The second-order valence-corrected chi connectivity index (χ2v) is 10.3. The Morgan fingerprint density at radius 3 is 2.43 bits per heavy atom. The third-order valence-corrected chi connectivity index (χ3v) is 7.96. The first-order valence-corrected chi connectivity index (χ1v) is 12.3. The van der Waals surface area contributed by atoms with Crippen molar-refractivity contribution in [3.05, 3.63) is 70.0 Å². The van der Waals surface area contributed by atoms with Gasteiger partial charge in [-0.15, -0.1) is 0 Å². The molecule has 1 fully saturated rings. The molecule has 1 unspecified atom stereocenters. The number of oxime groups is 1. The van der Waals surface area contributed by atoms with E-state index in [1.54, 1.807) is 19.1 Å². The number of nitrogens with zero attached hydrogens (tertiary/aromatic N) is 3. The lowest BCUT2D eigenvalue weighted by atomic mass is 9.89. The van der Waals surface area contributed by atoms with Crippen LogP contribution in [0, 0.1) is 15.9 Å². The molecule has 0 radical (unpaired) electrons. The maximum Gasteiger partial charge on any atom is 0.414 e. The van der Waals surface area contributed by atoms with Crippen molar-refractivity contribution in [2.24, 2.45) is 5.16 Å². The normalized spacial score (nSPS) is 18.4. The van der Waals surface area contributed by atoms with Gasteiger partial charge in [-0.05, 0) is 36.8 Å². The van der Waals surface area contributed by atoms with E-state index in [-0.39, 0.29) is 36.0 Å². The van der Waals surface area contributed by atoms with Gasteiger partial charge in [0.2, 0.25) is 15.9 Å². The highest BCUT2D eigenvalue weighted by Crippen LogP contribution is 2.36. The quantitative estimate of drug-likeness (QED) is 0.483. The topological polar surface area (TPSA) is 140 Å². The number of hydrogen-bond donors (Lipinski definition) is 1. The standard InChI is InChI=1S/C22H23FN4O7S/c1-15(16-2-6-18(7-3-16)27(29)30)24-21(28)33-20-14-22(34-25-20)10-12-26(13-11-22)35(31,32)19-8-4-17(23)5-9-19/h2-9,15H,10-14H2,1H3,(H,24,28). The van der Waals surface area contributed by atoms with E-state index in [1.165, 1.54) is 28.6 Å². The van der Waals surface area contributed by atoms with Gasteiger partial charge in [-0.25, -0.2) is 17.6 Å². The highest BCUT2D eigenvalue weighted by Gasteiger charge is 2.45. The molecule has 0 saturated carbocycles. The number of carbonyl (C=O) groups is 1. The van der Waals surface area contributed by atoms with Crippen molar-refractivity contribution in [3.63, 3.8) is 0 Å². The first kappa shape index (κ1) is 24.5. The van der Waals surface area contributed by atoms with Crippen molar-refractivity contribution in [1.82, 2.24) is 9.62 Å². The van der Waals surface area contributed by atoms with Crippen molar-refractivity contribution in [2.45, 2.75) is 42.7 Å². The van der Waals surface area contributed by atoms with Gasteiger partial charge in [0.1, 0.15) is 11.4 Å². The largest absolute Gasteiger partial charge is 0.414 e. The smallest absolute Gasteiger partial charge is 0.392 e. The lowest BCUT2D eigenvalue weighted by molar-refractivity contribution is -0.384. The maximum atomic E-state index is 13.1. The number of nitro benzene ring substituents is 1. The van der Waals surface area contributed by atoms with Crippen molar-refractivity contribution < 1.29 is 32.1 Å². The first-order chi connectivity index (χ1) is 16.6. The lowest BCUT2D eigenvalue weighted by Crippen LogP contribution is -2.46. The summed E-state index contributed by atoms with van der Waals surface area (Å²) in [5.41, 5.74) is -0.167. The molecule has 1 spiro atoms. The molecule has 2 aromatic rings. The zero-order chi connectivity index (χ0) is 25.2. The summed E-state index contributed by atoms with van der Waals surface area (Å²) >= 11 is 0. The Morgan fingerprint density at radius 2 is 1.83 bits per heavy atom. The van der Waals surface area contributed by atoms with Crippen LogP contribution in [-0.4, -0.2) is 48.3 Å². The van der Waals surface area contributed by atoms with Gasteiger partial charge in [0.25, 0.3) is 5.69 Å². The van der Waals surface area contributed by atoms with Crippen LogP contribution < -0.4 is 5.32 Å². The van der Waals surface area contributed by atoms with Crippen LogP contribution in [0.3, 0.4) is 0 Å². The average Bonchev–Trinajstić information content (AvgIpc) is 3.21.